The summed E-state index contributed by atoms with van der Waals surface area (Å²) in [7, 11) is 0. The van der Waals surface area contributed by atoms with Crippen molar-refractivity contribution in [2.45, 2.75) is 19.1 Å². The summed E-state index contributed by atoms with van der Waals surface area (Å²) >= 11 is 5.94. The van der Waals surface area contributed by atoms with Crippen LogP contribution in [0.2, 0.25) is 5.02 Å². The van der Waals surface area contributed by atoms with Crippen molar-refractivity contribution in [1.82, 2.24) is 5.01 Å². The van der Waals surface area contributed by atoms with Gasteiger partial charge in [0.2, 0.25) is 0 Å². The van der Waals surface area contributed by atoms with Gasteiger partial charge in [0.05, 0.1) is 22.8 Å². The van der Waals surface area contributed by atoms with Crippen molar-refractivity contribution in [3.8, 4) is 6.07 Å². The molecule has 0 saturated carbocycles. The first-order chi connectivity index (χ1) is 12.3. The molecule has 2 aromatic rings. The number of hydrogen-bond donors (Lipinski definition) is 3. The molecule has 0 radical (unpaired) electrons. The van der Waals surface area contributed by atoms with Gasteiger partial charge in [0.25, 0.3) is 5.91 Å². The second-order valence-electron chi connectivity index (χ2n) is 6.30. The molecule has 1 unspecified atom stereocenters. The normalized spacial score (nSPS) is 15.5. The van der Waals surface area contributed by atoms with Crippen LogP contribution in [-0.4, -0.2) is 28.2 Å². The van der Waals surface area contributed by atoms with Gasteiger partial charge < -0.3 is 15.8 Å². The highest BCUT2D eigenvalue weighted by molar-refractivity contribution is 6.32. The first-order valence-electron chi connectivity index (χ1n) is 7.82. The minimum Gasteiger partial charge on any atom is -0.379 e. The van der Waals surface area contributed by atoms with Crippen molar-refractivity contribution in [1.29, 1.82) is 5.26 Å². The van der Waals surface area contributed by atoms with E-state index in [-0.39, 0.29) is 17.4 Å². The molecule has 0 fully saturated rings. The number of carbonyl (C=O) groups excluding carboxylic acids is 1. The van der Waals surface area contributed by atoms with Gasteiger partial charge in [0, 0.05) is 12.2 Å². The number of carbonyl (C=O) groups is 1. The van der Waals surface area contributed by atoms with Crippen LogP contribution in [0.15, 0.2) is 36.4 Å². The summed E-state index contributed by atoms with van der Waals surface area (Å²) in [6.45, 7) is 1.73. The number of nitriles is 1. The second kappa shape index (κ2) is 6.92. The number of nitrogens with zero attached hydrogens (tertiary/aromatic N) is 2. The molecule has 0 aliphatic carbocycles. The van der Waals surface area contributed by atoms with Crippen LogP contribution < -0.4 is 10.7 Å². The van der Waals surface area contributed by atoms with Gasteiger partial charge in [-0.15, -0.1) is 0 Å². The van der Waals surface area contributed by atoms with Gasteiger partial charge in [-0.25, -0.2) is 9.40 Å². The molecule has 8 heteroatoms. The molecule has 6 nitrogen and oxygen atoms in total. The van der Waals surface area contributed by atoms with Crippen LogP contribution in [0, 0.1) is 17.1 Å². The molecular weight excluding hydrogens is 359 g/mol. The molecule has 26 heavy (non-hydrogen) atoms. The zero-order chi connectivity index (χ0) is 18.9. The lowest BCUT2D eigenvalue weighted by atomic mass is 10.1. The standard InChI is InChI=1S/C18H16ClFN4O2/c1-18(26,10-24-9-12-6-13(20)3-5-16(12)23-24)17(25)22-14-4-2-11(8-21)15(19)7-14/h2-7,23,26H,9-10H2,1H3,(H,22,25). The maximum absolute atomic E-state index is 13.3. The SMILES string of the molecule is CC(O)(CN1Cc2cc(F)ccc2N1)C(=O)Nc1ccc(C#N)c(Cl)c1. The largest absolute Gasteiger partial charge is 0.379 e. The zero-order valence-electron chi connectivity index (χ0n) is 13.9. The number of benzene rings is 2. The molecule has 134 valence electrons. The van der Waals surface area contributed by atoms with Crippen molar-refractivity contribution in [2.75, 3.05) is 17.3 Å². The molecule has 0 spiro atoms. The predicted molar refractivity (Wildman–Crippen MR) is 95.9 cm³/mol. The summed E-state index contributed by atoms with van der Waals surface area (Å²) in [4.78, 5) is 12.4. The molecular formula is C18H16ClFN4O2. The molecule has 1 atom stereocenters. The fourth-order valence-electron chi connectivity index (χ4n) is 2.71. The van der Waals surface area contributed by atoms with Crippen LogP contribution in [0.25, 0.3) is 0 Å². The van der Waals surface area contributed by atoms with Crippen molar-refractivity contribution < 1.29 is 14.3 Å². The average Bonchev–Trinajstić information content (AvgIpc) is 2.95. The molecule has 3 rings (SSSR count). The number of β-amino-alcohol motifs (C(OH)–C–C–N with tert-alkyl or cyclic N) is 1. The molecule has 1 aliphatic rings. The summed E-state index contributed by atoms with van der Waals surface area (Å²) in [6.07, 6.45) is 0. The summed E-state index contributed by atoms with van der Waals surface area (Å²) < 4.78 is 13.3. The smallest absolute Gasteiger partial charge is 0.257 e. The van der Waals surface area contributed by atoms with Crippen LogP contribution in [-0.2, 0) is 11.3 Å². The van der Waals surface area contributed by atoms with Gasteiger partial charge >= 0.3 is 0 Å². The highest BCUT2D eigenvalue weighted by Gasteiger charge is 2.35. The Balaban J connectivity index is 1.66. The third kappa shape index (κ3) is 3.78. The van der Waals surface area contributed by atoms with E-state index in [2.05, 4.69) is 10.7 Å². The average molecular weight is 375 g/mol. The molecule has 1 aliphatic heterocycles. The van der Waals surface area contributed by atoms with E-state index in [0.29, 0.717) is 17.8 Å². The first kappa shape index (κ1) is 18.1. The molecule has 0 bridgehead atoms. The topological polar surface area (TPSA) is 88.4 Å². The van der Waals surface area contributed by atoms with Crippen LogP contribution in [0.3, 0.4) is 0 Å². The van der Waals surface area contributed by atoms with E-state index in [1.165, 1.54) is 37.3 Å². The lowest BCUT2D eigenvalue weighted by Crippen LogP contribution is -2.49. The van der Waals surface area contributed by atoms with Gasteiger partial charge in [-0.1, -0.05) is 11.6 Å². The number of fused-ring (bicyclic) bond motifs is 1. The van der Waals surface area contributed by atoms with E-state index < -0.39 is 11.5 Å². The summed E-state index contributed by atoms with van der Waals surface area (Å²) in [5.41, 5.74) is 3.47. The van der Waals surface area contributed by atoms with Gasteiger partial charge in [0.1, 0.15) is 11.9 Å². The number of hydrazine groups is 1. The van der Waals surface area contributed by atoms with Crippen molar-refractivity contribution >= 4 is 28.9 Å². The van der Waals surface area contributed by atoms with Crippen LogP contribution >= 0.6 is 11.6 Å². The monoisotopic (exact) mass is 374 g/mol. The summed E-state index contributed by atoms with van der Waals surface area (Å²) in [5, 5.41) is 23.9. The Hall–Kier alpha value is -2.66. The first-order valence-corrected chi connectivity index (χ1v) is 8.20. The lowest BCUT2D eigenvalue weighted by Gasteiger charge is -2.27. The fourth-order valence-corrected chi connectivity index (χ4v) is 2.93. The van der Waals surface area contributed by atoms with Crippen molar-refractivity contribution in [3.05, 3.63) is 58.4 Å². The third-order valence-corrected chi connectivity index (χ3v) is 4.36. The van der Waals surface area contributed by atoms with Crippen LogP contribution in [0.4, 0.5) is 15.8 Å². The Kier molecular flexibility index (Phi) is 4.83. The maximum Gasteiger partial charge on any atom is 0.257 e. The van der Waals surface area contributed by atoms with E-state index in [9.17, 15) is 14.3 Å². The van der Waals surface area contributed by atoms with Crippen molar-refractivity contribution in [2.24, 2.45) is 0 Å². The Bertz CT molecular complexity index is 911. The third-order valence-electron chi connectivity index (χ3n) is 4.04. The van der Waals surface area contributed by atoms with Crippen LogP contribution in [0.1, 0.15) is 18.1 Å². The fraction of sp³-hybridized carbons (Fsp3) is 0.222. The van der Waals surface area contributed by atoms with E-state index >= 15 is 0 Å². The predicted octanol–water partition coefficient (Wildman–Crippen LogP) is 2.88. The number of halogens is 2. The summed E-state index contributed by atoms with van der Waals surface area (Å²) in [5.74, 6) is -0.961. The number of anilines is 2. The Labute approximate surface area is 154 Å². The van der Waals surface area contributed by atoms with Gasteiger partial charge in [0.15, 0.2) is 5.60 Å². The number of amides is 1. The molecule has 0 saturated heterocycles. The van der Waals surface area contributed by atoms with Crippen LogP contribution in [0.5, 0.6) is 0 Å². The van der Waals surface area contributed by atoms with E-state index in [4.69, 9.17) is 16.9 Å². The summed E-state index contributed by atoms with van der Waals surface area (Å²) in [6, 6.07) is 10.8. The quantitative estimate of drug-likeness (QED) is 0.765. The van der Waals surface area contributed by atoms with Gasteiger partial charge in [-0.2, -0.15) is 5.26 Å². The molecule has 1 heterocycles. The zero-order valence-corrected chi connectivity index (χ0v) is 14.6. The Morgan fingerprint density at radius 1 is 1.46 bits per heavy atom. The minimum absolute atomic E-state index is 0.0147. The van der Waals surface area contributed by atoms with Crippen molar-refractivity contribution in [3.63, 3.8) is 0 Å². The molecule has 3 N–H and O–H groups in total. The minimum atomic E-state index is -1.71. The highest BCUT2D eigenvalue weighted by Crippen LogP contribution is 2.27. The number of nitrogens with one attached hydrogen (secondary N) is 2. The molecule has 2 aromatic carbocycles. The van der Waals surface area contributed by atoms with Gasteiger partial charge in [-0.05, 0) is 48.9 Å². The second-order valence-corrected chi connectivity index (χ2v) is 6.71. The number of rotatable bonds is 4. The van der Waals surface area contributed by atoms with Gasteiger partial charge in [-0.3, -0.25) is 4.79 Å². The highest BCUT2D eigenvalue weighted by atomic mass is 35.5. The molecule has 1 amide bonds. The Morgan fingerprint density at radius 2 is 2.23 bits per heavy atom. The lowest BCUT2D eigenvalue weighted by molar-refractivity contribution is -0.133. The maximum atomic E-state index is 13.3. The van der Waals surface area contributed by atoms with E-state index in [1.54, 1.807) is 11.1 Å². The number of hydrogen-bond acceptors (Lipinski definition) is 5. The Morgan fingerprint density at radius 3 is 2.92 bits per heavy atom. The molecule has 0 aromatic heterocycles. The van der Waals surface area contributed by atoms with E-state index in [0.717, 1.165) is 11.3 Å². The van der Waals surface area contributed by atoms with E-state index in [1.807, 2.05) is 6.07 Å². The number of aliphatic hydroxyl groups is 1.